The molecule has 0 aromatic rings. The molecule has 0 amide bonds. The molecule has 49 heteroatoms. The standard InChI is InChI=1S/C68H125N7O36S6/c1-30-32(103-60(49(91)39(30)81)110-56-37(25-79)105-58(98-3)51(93)47(56)89)20-72-65(112)69-8-11-75(12-9-70-66(113)73-21-33-31(2)40(82)50(92)61(104-33)111-57-38(26-80)106-59(99-4)52(94)48(57)90)13-10-71-67(114)74-68(27-100-14-5-17-115-62-53(95)44(86)41(83)34(22-76)107-62,28-101-15-6-18-116-63-54(96)45(87)42(84)35(23-77)108-63)29-102-16-7-19-117-64-55(97)46(88)43(85)36(24-78)109-64/h30-64,76-97H,5-29H2,1-4H3,(H2,69,72,112)(H2,70,73,113)(H2,71,74,114). The molecule has 7 aliphatic rings. The predicted octanol–water partition coefficient (Wildman–Crippen LogP) is -12.7. The third-order valence-electron chi connectivity index (χ3n) is 21.1. The van der Waals surface area contributed by atoms with E-state index in [0.717, 1.165) is 35.3 Å². The topological polar surface area (TPSA) is 650 Å². The summed E-state index contributed by atoms with van der Waals surface area (Å²) in [4.78, 5) is 2.01. The number of thioether (sulfide) groups is 3. The zero-order valence-corrected chi connectivity index (χ0v) is 70.2. The molecule has 0 aromatic heterocycles. The van der Waals surface area contributed by atoms with Crippen molar-refractivity contribution >= 4 is 87.3 Å². The fourth-order valence-corrected chi connectivity index (χ4v) is 17.8. The van der Waals surface area contributed by atoms with Crippen LogP contribution in [0.25, 0.3) is 0 Å². The van der Waals surface area contributed by atoms with Crippen LogP contribution >= 0.6 is 71.9 Å². The molecule has 35 unspecified atom stereocenters. The number of aliphatic hydroxyl groups is 22. The molecule has 0 saturated carbocycles. The lowest BCUT2D eigenvalue weighted by Gasteiger charge is -2.46. The first-order valence-corrected chi connectivity index (χ1v) is 43.2. The Morgan fingerprint density at radius 3 is 0.957 bits per heavy atom. The highest BCUT2D eigenvalue weighted by Crippen LogP contribution is 2.36. The Labute approximate surface area is 706 Å². The molecule has 7 aliphatic heterocycles. The lowest BCUT2D eigenvalue weighted by atomic mass is 9.90. The number of ether oxygens (including phenoxy) is 14. The van der Waals surface area contributed by atoms with Gasteiger partial charge in [-0.25, -0.2) is 0 Å². The quantitative estimate of drug-likeness (QED) is 0.0199. The van der Waals surface area contributed by atoms with E-state index in [0.29, 0.717) is 49.6 Å². The van der Waals surface area contributed by atoms with Gasteiger partial charge >= 0.3 is 0 Å². The largest absolute Gasteiger partial charge is 0.394 e. The molecule has 7 fully saturated rings. The highest BCUT2D eigenvalue weighted by Gasteiger charge is 2.54. The minimum Gasteiger partial charge on any atom is -0.394 e. The van der Waals surface area contributed by atoms with Crippen LogP contribution in [0.2, 0.25) is 0 Å². The first kappa shape index (κ1) is 103. The number of aliphatic hydroxyl groups excluding tert-OH is 22. The molecular formula is C68H125N7O36S6. The number of methoxy groups -OCH3 is 2. The van der Waals surface area contributed by atoms with Crippen LogP contribution in [0.3, 0.4) is 0 Å². The highest BCUT2D eigenvalue weighted by molar-refractivity contribution is 8.00. The summed E-state index contributed by atoms with van der Waals surface area (Å²) in [6.07, 6.45) is -41.6. The molecule has 35 atom stereocenters. The van der Waals surface area contributed by atoms with Gasteiger partial charge in [-0.05, 0) is 73.2 Å². The molecule has 0 spiro atoms. The summed E-state index contributed by atoms with van der Waals surface area (Å²) >= 11 is 20.9. The Bertz CT molecular complexity index is 2630. The Morgan fingerprint density at radius 2 is 0.650 bits per heavy atom. The van der Waals surface area contributed by atoms with Crippen LogP contribution in [0, 0.1) is 11.8 Å². The summed E-state index contributed by atoms with van der Waals surface area (Å²) in [5, 5.41) is 251. The van der Waals surface area contributed by atoms with Gasteiger partial charge in [0.05, 0.1) is 77.3 Å². The van der Waals surface area contributed by atoms with E-state index in [1.165, 1.54) is 14.2 Å². The molecule has 0 radical (unpaired) electrons. The van der Waals surface area contributed by atoms with E-state index in [9.17, 15) is 112 Å². The van der Waals surface area contributed by atoms with Gasteiger partial charge < -0.3 is 211 Å². The van der Waals surface area contributed by atoms with Crippen molar-refractivity contribution in [1.82, 2.24) is 36.8 Å². The molecular weight excluding hydrogens is 1680 g/mol. The fraction of sp³-hybridized carbons (Fsp3) is 0.956. The van der Waals surface area contributed by atoms with Gasteiger partial charge in [0, 0.05) is 98.2 Å². The molecule has 28 N–H and O–H groups in total. The van der Waals surface area contributed by atoms with E-state index in [1.807, 2.05) is 4.90 Å². The first-order chi connectivity index (χ1) is 55.8. The van der Waals surface area contributed by atoms with E-state index in [2.05, 4.69) is 31.9 Å². The number of nitrogens with one attached hydrogen (secondary N) is 6. The van der Waals surface area contributed by atoms with Crippen LogP contribution < -0.4 is 31.9 Å². The highest BCUT2D eigenvalue weighted by atomic mass is 32.2. The maximum absolute atomic E-state index is 11.2. The lowest BCUT2D eigenvalue weighted by molar-refractivity contribution is -0.351. The van der Waals surface area contributed by atoms with Gasteiger partial charge in [-0.15, -0.1) is 35.3 Å². The van der Waals surface area contributed by atoms with Crippen molar-refractivity contribution < 1.29 is 179 Å². The van der Waals surface area contributed by atoms with Gasteiger partial charge in [-0.3, -0.25) is 4.90 Å². The van der Waals surface area contributed by atoms with E-state index < -0.39 is 251 Å². The fourth-order valence-electron chi connectivity index (χ4n) is 13.8. The zero-order chi connectivity index (χ0) is 86.0. The molecule has 43 nitrogen and oxygen atoms in total. The van der Waals surface area contributed by atoms with Crippen molar-refractivity contribution in [2.75, 3.05) is 157 Å². The van der Waals surface area contributed by atoms with E-state index in [1.54, 1.807) is 13.8 Å². The van der Waals surface area contributed by atoms with Crippen LogP contribution in [-0.4, -0.2) is 495 Å². The number of nitrogens with zero attached hydrogens (tertiary/aromatic N) is 1. The van der Waals surface area contributed by atoms with E-state index >= 15 is 0 Å². The van der Waals surface area contributed by atoms with Gasteiger partial charge in [0.15, 0.2) is 40.5 Å². The SMILES string of the molecule is COC1OC(CO)C(OC2OC(CNC(=S)NCCN(CCNC(=S)NCC3OC(OC4C(CO)OC(OC)C(O)C4O)C(O)C(O)C3C)CCNC(=S)NC(COCCCSC3OC(CO)C(O)C(O)C3O)(COCCCSC3OC(CO)C(O)C(O)C3O)COCCCSC3OC(CO)C(O)C(O)C3O)C(C)C(O)C2O)C(O)C1O. The monoisotopic (exact) mass is 1810 g/mol. The van der Waals surface area contributed by atoms with Crippen molar-refractivity contribution in [2.24, 2.45) is 11.8 Å². The molecule has 0 aromatic carbocycles. The van der Waals surface area contributed by atoms with Crippen LogP contribution in [-0.2, 0) is 66.3 Å². The van der Waals surface area contributed by atoms with Crippen LogP contribution in [0.4, 0.5) is 0 Å². The van der Waals surface area contributed by atoms with Crippen molar-refractivity contribution in [2.45, 2.75) is 239 Å². The molecule has 117 heavy (non-hydrogen) atoms. The zero-order valence-electron chi connectivity index (χ0n) is 65.3. The number of hydrogen-bond donors (Lipinski definition) is 28. The van der Waals surface area contributed by atoms with Gasteiger partial charge in [0.2, 0.25) is 0 Å². The molecule has 7 rings (SSSR count). The smallest absolute Gasteiger partial charge is 0.186 e. The van der Waals surface area contributed by atoms with Gasteiger partial charge in [0.1, 0.15) is 156 Å². The maximum Gasteiger partial charge on any atom is 0.186 e. The molecule has 0 bridgehead atoms. The molecule has 0 aliphatic carbocycles. The Hall–Kier alpha value is -1.36. The Balaban J connectivity index is 1.04. The average Bonchev–Trinajstić information content (AvgIpc) is 0.787. The molecule has 7 heterocycles. The van der Waals surface area contributed by atoms with Crippen LogP contribution in [0.1, 0.15) is 33.1 Å². The van der Waals surface area contributed by atoms with Crippen LogP contribution in [0.5, 0.6) is 0 Å². The normalized spacial score (nSPS) is 40.0. The second kappa shape index (κ2) is 51.4. The second-order valence-corrected chi connectivity index (χ2v) is 34.4. The minimum atomic E-state index is -1.66. The molecule has 684 valence electrons. The first-order valence-electron chi connectivity index (χ1n) is 38.8. The maximum atomic E-state index is 11.2. The van der Waals surface area contributed by atoms with Gasteiger partial charge in [-0.1, -0.05) is 13.8 Å². The number of hydrogen-bond acceptors (Lipinski definition) is 43. The average molecular weight is 1810 g/mol. The van der Waals surface area contributed by atoms with Crippen molar-refractivity contribution in [3.05, 3.63) is 0 Å². The second-order valence-electron chi connectivity index (χ2n) is 29.6. The predicted molar refractivity (Wildman–Crippen MR) is 424 cm³/mol. The van der Waals surface area contributed by atoms with Crippen molar-refractivity contribution in [3.8, 4) is 0 Å². The minimum absolute atomic E-state index is 0.0346. The summed E-state index contributed by atoms with van der Waals surface area (Å²) < 4.78 is 81.4. The van der Waals surface area contributed by atoms with Gasteiger partial charge in [-0.2, -0.15) is 0 Å². The van der Waals surface area contributed by atoms with Crippen molar-refractivity contribution in [3.63, 3.8) is 0 Å². The lowest BCUT2D eigenvalue weighted by Crippen LogP contribution is -2.64. The van der Waals surface area contributed by atoms with E-state index in [-0.39, 0.29) is 94.2 Å². The Kier molecular flexibility index (Phi) is 45.2. The van der Waals surface area contributed by atoms with E-state index in [4.69, 9.17) is 103 Å². The Morgan fingerprint density at radius 1 is 0.350 bits per heavy atom. The summed E-state index contributed by atoms with van der Waals surface area (Å²) in [7, 11) is 2.47. The summed E-state index contributed by atoms with van der Waals surface area (Å²) in [5.41, 5.74) is -4.31. The third kappa shape index (κ3) is 29.1. The molecule has 7 saturated heterocycles. The summed E-state index contributed by atoms with van der Waals surface area (Å²) in [6.45, 7) is 1.34. The summed E-state index contributed by atoms with van der Waals surface area (Å²) in [6, 6.07) is 0. The van der Waals surface area contributed by atoms with Crippen molar-refractivity contribution in [1.29, 1.82) is 0 Å². The number of thiocarbonyl (C=S) groups is 3. The summed E-state index contributed by atoms with van der Waals surface area (Å²) in [5.74, 6) is -0.482. The third-order valence-corrected chi connectivity index (χ3v) is 25.6. The van der Waals surface area contributed by atoms with Gasteiger partial charge in [0.25, 0.3) is 0 Å². The van der Waals surface area contributed by atoms with Crippen LogP contribution in [0.15, 0.2) is 0 Å². The number of rotatable bonds is 46.